The molecule has 0 spiro atoms. The number of hydrogen-bond donors (Lipinski definition) is 2. The van der Waals surface area contributed by atoms with Crippen LogP contribution in [-0.4, -0.2) is 21.0 Å². The molecular weight excluding hydrogens is 274 g/mol. The van der Waals surface area contributed by atoms with Crippen LogP contribution >= 0.6 is 11.3 Å². The second kappa shape index (κ2) is 6.47. The average molecular weight is 291 g/mol. The minimum atomic E-state index is -0.382. The Bertz CT molecular complexity index is 610. The zero-order chi connectivity index (χ0) is 14.5. The summed E-state index contributed by atoms with van der Waals surface area (Å²) >= 11 is 1.62. The van der Waals surface area contributed by atoms with Crippen molar-refractivity contribution in [3.63, 3.8) is 0 Å². The number of carbonyl (C=O) groups is 1. The summed E-state index contributed by atoms with van der Waals surface area (Å²) < 4.78 is 0. The number of aryl methyl sites for hydroxylation is 2. The van der Waals surface area contributed by atoms with E-state index in [-0.39, 0.29) is 17.4 Å². The quantitative estimate of drug-likeness (QED) is 0.887. The van der Waals surface area contributed by atoms with Gasteiger partial charge in [0.1, 0.15) is 5.75 Å². The molecule has 2 rings (SSSR count). The van der Waals surface area contributed by atoms with Crippen LogP contribution in [0.1, 0.15) is 39.4 Å². The molecule has 0 unspecified atom stereocenters. The molecular formula is C14H17N3O2S. The smallest absolute Gasteiger partial charge is 0.274 e. The number of carbonyl (C=O) groups excluding carboxylic acids is 1. The van der Waals surface area contributed by atoms with E-state index < -0.39 is 0 Å². The fourth-order valence-electron chi connectivity index (χ4n) is 1.79. The van der Waals surface area contributed by atoms with Gasteiger partial charge in [0.05, 0.1) is 17.2 Å². The number of nitrogens with one attached hydrogen (secondary N) is 1. The fraction of sp³-hybridized carbons (Fsp3) is 0.357. The zero-order valence-corrected chi connectivity index (χ0v) is 12.3. The minimum Gasteiger partial charge on any atom is -0.505 e. The van der Waals surface area contributed by atoms with E-state index >= 15 is 0 Å². The van der Waals surface area contributed by atoms with E-state index in [9.17, 15) is 9.90 Å². The Morgan fingerprint density at radius 1 is 1.50 bits per heavy atom. The molecule has 106 valence electrons. The number of amides is 1. The van der Waals surface area contributed by atoms with Gasteiger partial charge < -0.3 is 10.4 Å². The predicted molar refractivity (Wildman–Crippen MR) is 77.9 cm³/mol. The number of pyridine rings is 1. The first-order chi connectivity index (χ1) is 9.61. The van der Waals surface area contributed by atoms with Crippen LogP contribution < -0.4 is 5.32 Å². The van der Waals surface area contributed by atoms with Crippen molar-refractivity contribution < 1.29 is 9.90 Å². The molecule has 20 heavy (non-hydrogen) atoms. The first-order valence-corrected chi connectivity index (χ1v) is 7.30. The van der Waals surface area contributed by atoms with E-state index in [1.807, 2.05) is 6.92 Å². The minimum absolute atomic E-state index is 0.0449. The van der Waals surface area contributed by atoms with Crippen LogP contribution in [0.3, 0.4) is 0 Å². The number of aromatic nitrogens is 2. The molecule has 0 radical (unpaired) electrons. The third-order valence-corrected chi connectivity index (χ3v) is 4.03. The molecule has 2 N–H and O–H groups in total. The Balaban J connectivity index is 2.02. The van der Waals surface area contributed by atoms with Crippen LogP contribution in [0.25, 0.3) is 0 Å². The van der Waals surface area contributed by atoms with Crippen molar-refractivity contribution in [1.82, 2.24) is 15.3 Å². The van der Waals surface area contributed by atoms with Crippen LogP contribution in [0.4, 0.5) is 0 Å². The molecule has 0 aliphatic rings. The van der Waals surface area contributed by atoms with Crippen LogP contribution in [-0.2, 0) is 13.0 Å². The topological polar surface area (TPSA) is 75.1 Å². The molecule has 1 amide bonds. The first kappa shape index (κ1) is 14.5. The van der Waals surface area contributed by atoms with Gasteiger partial charge in [-0.1, -0.05) is 6.92 Å². The van der Waals surface area contributed by atoms with Crippen molar-refractivity contribution in [2.24, 2.45) is 0 Å². The molecule has 2 aromatic heterocycles. The van der Waals surface area contributed by atoms with E-state index in [0.29, 0.717) is 6.54 Å². The van der Waals surface area contributed by atoms with Crippen LogP contribution in [0, 0.1) is 6.92 Å². The largest absolute Gasteiger partial charge is 0.505 e. The number of thiazole rings is 1. The first-order valence-electron chi connectivity index (χ1n) is 6.49. The maximum absolute atomic E-state index is 11.9. The standard InChI is InChI=1S/C14H17N3O2S/c1-3-5-12-17-9(2)11(20-12)8-16-14(19)13-10(18)6-4-7-15-13/h4,6-7,18H,3,5,8H2,1-2H3,(H,16,19). The van der Waals surface area contributed by atoms with E-state index in [4.69, 9.17) is 0 Å². The summed E-state index contributed by atoms with van der Waals surface area (Å²) in [5.41, 5.74) is 0.993. The molecule has 0 aromatic carbocycles. The van der Waals surface area contributed by atoms with E-state index in [0.717, 1.165) is 28.4 Å². The second-order valence-corrected chi connectivity index (χ2v) is 5.59. The van der Waals surface area contributed by atoms with Gasteiger partial charge in [-0.25, -0.2) is 9.97 Å². The SMILES string of the molecule is CCCc1nc(C)c(CNC(=O)c2ncccc2O)s1. The highest BCUT2D eigenvalue weighted by Crippen LogP contribution is 2.19. The molecule has 0 fully saturated rings. The third kappa shape index (κ3) is 3.33. The fourth-order valence-corrected chi connectivity index (χ4v) is 2.90. The number of hydrogen-bond acceptors (Lipinski definition) is 5. The van der Waals surface area contributed by atoms with Gasteiger partial charge in [0.25, 0.3) is 5.91 Å². The maximum Gasteiger partial charge on any atom is 0.274 e. The summed E-state index contributed by atoms with van der Waals surface area (Å²) in [5.74, 6) is -0.495. The summed E-state index contributed by atoms with van der Waals surface area (Å²) in [6.07, 6.45) is 3.49. The van der Waals surface area contributed by atoms with Crippen molar-refractivity contribution >= 4 is 17.2 Å². The molecule has 0 aliphatic carbocycles. The molecule has 0 aliphatic heterocycles. The van der Waals surface area contributed by atoms with Crippen LogP contribution in [0.5, 0.6) is 5.75 Å². The molecule has 0 atom stereocenters. The second-order valence-electron chi connectivity index (χ2n) is 4.42. The van der Waals surface area contributed by atoms with Gasteiger partial charge in [-0.15, -0.1) is 11.3 Å². The van der Waals surface area contributed by atoms with Gasteiger partial charge in [0.15, 0.2) is 5.69 Å². The lowest BCUT2D eigenvalue weighted by Crippen LogP contribution is -2.23. The molecule has 0 saturated carbocycles. The Morgan fingerprint density at radius 2 is 2.30 bits per heavy atom. The average Bonchev–Trinajstić information content (AvgIpc) is 2.77. The Hall–Kier alpha value is -1.95. The highest BCUT2D eigenvalue weighted by molar-refractivity contribution is 7.11. The number of nitrogens with zero attached hydrogens (tertiary/aromatic N) is 2. The third-order valence-electron chi connectivity index (χ3n) is 2.81. The van der Waals surface area contributed by atoms with Gasteiger partial charge in [0, 0.05) is 11.1 Å². The highest BCUT2D eigenvalue weighted by atomic mass is 32.1. The molecule has 5 nitrogen and oxygen atoms in total. The van der Waals surface area contributed by atoms with Crippen molar-refractivity contribution in [2.75, 3.05) is 0 Å². The summed E-state index contributed by atoms with van der Waals surface area (Å²) in [4.78, 5) is 21.3. The number of rotatable bonds is 5. The molecule has 2 heterocycles. The van der Waals surface area contributed by atoms with Crippen molar-refractivity contribution in [1.29, 1.82) is 0 Å². The van der Waals surface area contributed by atoms with Crippen molar-refractivity contribution in [3.05, 3.63) is 39.6 Å². The van der Waals surface area contributed by atoms with E-state index in [1.165, 1.54) is 12.3 Å². The Morgan fingerprint density at radius 3 is 3.00 bits per heavy atom. The monoisotopic (exact) mass is 291 g/mol. The van der Waals surface area contributed by atoms with Gasteiger partial charge in [-0.2, -0.15) is 0 Å². The highest BCUT2D eigenvalue weighted by Gasteiger charge is 2.13. The molecule has 0 bridgehead atoms. The lowest BCUT2D eigenvalue weighted by atomic mass is 10.3. The molecule has 2 aromatic rings. The number of aromatic hydroxyl groups is 1. The van der Waals surface area contributed by atoms with Gasteiger partial charge >= 0.3 is 0 Å². The lowest BCUT2D eigenvalue weighted by molar-refractivity contribution is 0.0943. The Labute approximate surface area is 121 Å². The Kier molecular flexibility index (Phi) is 4.68. The van der Waals surface area contributed by atoms with Gasteiger partial charge in [-0.05, 0) is 31.9 Å². The molecule has 6 heteroatoms. The maximum atomic E-state index is 11.9. The van der Waals surface area contributed by atoms with E-state index in [2.05, 4.69) is 22.2 Å². The summed E-state index contributed by atoms with van der Waals surface area (Å²) in [6, 6.07) is 3.02. The summed E-state index contributed by atoms with van der Waals surface area (Å²) in [7, 11) is 0. The summed E-state index contributed by atoms with van der Waals surface area (Å²) in [6.45, 7) is 4.46. The summed E-state index contributed by atoms with van der Waals surface area (Å²) in [5, 5.41) is 13.4. The van der Waals surface area contributed by atoms with Crippen molar-refractivity contribution in [2.45, 2.75) is 33.2 Å². The van der Waals surface area contributed by atoms with Gasteiger partial charge in [0.2, 0.25) is 0 Å². The normalized spacial score (nSPS) is 10.5. The lowest BCUT2D eigenvalue weighted by Gasteiger charge is -2.04. The zero-order valence-electron chi connectivity index (χ0n) is 11.5. The predicted octanol–water partition coefficient (Wildman–Crippen LogP) is 2.43. The van der Waals surface area contributed by atoms with Crippen LogP contribution in [0.2, 0.25) is 0 Å². The van der Waals surface area contributed by atoms with Crippen molar-refractivity contribution in [3.8, 4) is 5.75 Å². The van der Waals surface area contributed by atoms with Crippen LogP contribution in [0.15, 0.2) is 18.3 Å². The molecule has 0 saturated heterocycles. The van der Waals surface area contributed by atoms with Gasteiger partial charge in [-0.3, -0.25) is 4.79 Å². The van der Waals surface area contributed by atoms with E-state index in [1.54, 1.807) is 17.4 Å².